The molecule has 0 spiro atoms. The Hall–Kier alpha value is -3.04. The number of hydrogen-bond acceptors (Lipinski definition) is 6. The van der Waals surface area contributed by atoms with Crippen LogP contribution in [0.2, 0.25) is 0 Å². The van der Waals surface area contributed by atoms with Crippen molar-refractivity contribution >= 4 is 38.1 Å². The number of nitrogens with one attached hydrogen (secondary N) is 2. The van der Waals surface area contributed by atoms with Gasteiger partial charge in [-0.3, -0.25) is 9.59 Å². The van der Waals surface area contributed by atoms with Gasteiger partial charge < -0.3 is 10.6 Å². The summed E-state index contributed by atoms with van der Waals surface area (Å²) in [7, 11) is -3.46. The third-order valence-corrected chi connectivity index (χ3v) is 6.86. The van der Waals surface area contributed by atoms with E-state index in [9.17, 15) is 18.0 Å². The summed E-state index contributed by atoms with van der Waals surface area (Å²) in [6.07, 6.45) is 1.09. The van der Waals surface area contributed by atoms with Gasteiger partial charge in [0.05, 0.1) is 17.1 Å². The first-order chi connectivity index (χ1) is 15.0. The number of nitrogens with zero attached hydrogens (tertiary/aromatic N) is 1. The number of amides is 2. The van der Waals surface area contributed by atoms with Crippen LogP contribution in [-0.2, 0) is 14.6 Å². The maximum atomic E-state index is 12.4. The number of sulfone groups is 1. The summed E-state index contributed by atoms with van der Waals surface area (Å²) in [6.45, 7) is 5.64. The second kappa shape index (κ2) is 9.62. The Morgan fingerprint density at radius 3 is 2.56 bits per heavy atom. The van der Waals surface area contributed by atoms with Crippen molar-refractivity contribution in [1.29, 1.82) is 0 Å². The van der Waals surface area contributed by atoms with Crippen molar-refractivity contribution in [3.63, 3.8) is 0 Å². The van der Waals surface area contributed by atoms with Crippen LogP contribution in [0.4, 0.5) is 5.13 Å². The van der Waals surface area contributed by atoms with E-state index >= 15 is 0 Å². The van der Waals surface area contributed by atoms with Gasteiger partial charge in [-0.25, -0.2) is 13.4 Å². The summed E-state index contributed by atoms with van der Waals surface area (Å²) in [5.41, 5.74) is 3.68. The van der Waals surface area contributed by atoms with Gasteiger partial charge in [0, 0.05) is 22.8 Å². The lowest BCUT2D eigenvalue weighted by molar-refractivity contribution is -0.115. The molecular formula is C23H25N3O4S2. The molecule has 168 valence electrons. The van der Waals surface area contributed by atoms with Crippen molar-refractivity contribution in [2.24, 2.45) is 0 Å². The maximum absolute atomic E-state index is 12.4. The summed E-state index contributed by atoms with van der Waals surface area (Å²) < 4.78 is 23.7. The smallest absolute Gasteiger partial charge is 0.251 e. The molecule has 0 bridgehead atoms. The number of aryl methyl sites for hydroxylation is 1. The standard InChI is InChI=1S/C23H25N3O4S2/c1-14(2)16-6-5-7-17(10-16)19-13-31-23(25-19)26-21(27)12-24-22(28)18-9-8-15(3)20(11-18)32(4,29)30/h5-11,13-14H,12H2,1-4H3,(H,24,28)(H,25,26,27). The number of aromatic nitrogens is 1. The van der Waals surface area contributed by atoms with E-state index in [1.807, 2.05) is 17.5 Å². The lowest BCUT2D eigenvalue weighted by Gasteiger charge is -2.08. The van der Waals surface area contributed by atoms with Crippen molar-refractivity contribution < 1.29 is 18.0 Å². The molecule has 2 N–H and O–H groups in total. The van der Waals surface area contributed by atoms with Gasteiger partial charge in [0.2, 0.25) is 5.91 Å². The van der Waals surface area contributed by atoms with E-state index in [0.717, 1.165) is 17.5 Å². The molecule has 2 aromatic carbocycles. The second-order valence-corrected chi connectivity index (χ2v) is 10.6. The molecule has 7 nitrogen and oxygen atoms in total. The molecule has 0 unspecified atom stereocenters. The summed E-state index contributed by atoms with van der Waals surface area (Å²) in [5.74, 6) is -0.556. The van der Waals surface area contributed by atoms with Crippen LogP contribution in [0.5, 0.6) is 0 Å². The quantitative estimate of drug-likeness (QED) is 0.542. The topological polar surface area (TPSA) is 105 Å². The molecule has 0 aliphatic heterocycles. The van der Waals surface area contributed by atoms with Gasteiger partial charge in [0.25, 0.3) is 5.91 Å². The van der Waals surface area contributed by atoms with Gasteiger partial charge in [0.15, 0.2) is 15.0 Å². The number of carbonyl (C=O) groups is 2. The molecule has 1 aromatic heterocycles. The van der Waals surface area contributed by atoms with Crippen LogP contribution in [0.15, 0.2) is 52.7 Å². The largest absolute Gasteiger partial charge is 0.343 e. The first-order valence-electron chi connectivity index (χ1n) is 9.99. The zero-order valence-electron chi connectivity index (χ0n) is 18.3. The van der Waals surface area contributed by atoms with Crippen LogP contribution in [0.25, 0.3) is 11.3 Å². The Bertz CT molecular complexity index is 1260. The summed E-state index contributed by atoms with van der Waals surface area (Å²) in [5, 5.41) is 7.49. The third kappa shape index (κ3) is 5.80. The molecule has 0 atom stereocenters. The summed E-state index contributed by atoms with van der Waals surface area (Å²) in [6, 6.07) is 12.5. The fourth-order valence-electron chi connectivity index (χ4n) is 3.09. The van der Waals surface area contributed by atoms with Gasteiger partial charge >= 0.3 is 0 Å². The Morgan fingerprint density at radius 2 is 1.88 bits per heavy atom. The number of hydrogen-bond donors (Lipinski definition) is 2. The minimum Gasteiger partial charge on any atom is -0.343 e. The normalized spacial score (nSPS) is 11.4. The van der Waals surface area contributed by atoms with Crippen LogP contribution >= 0.6 is 11.3 Å². The van der Waals surface area contributed by atoms with E-state index in [1.54, 1.807) is 13.0 Å². The molecule has 9 heteroatoms. The zero-order chi connectivity index (χ0) is 23.5. The maximum Gasteiger partial charge on any atom is 0.251 e. The van der Waals surface area contributed by atoms with Gasteiger partial charge in [-0.15, -0.1) is 11.3 Å². The zero-order valence-corrected chi connectivity index (χ0v) is 19.9. The Labute approximate surface area is 191 Å². The highest BCUT2D eigenvalue weighted by Gasteiger charge is 2.16. The Morgan fingerprint density at radius 1 is 1.12 bits per heavy atom. The van der Waals surface area contributed by atoms with E-state index in [1.165, 1.54) is 29.0 Å². The molecular weight excluding hydrogens is 446 g/mol. The summed E-state index contributed by atoms with van der Waals surface area (Å²) >= 11 is 1.30. The van der Waals surface area contributed by atoms with Gasteiger partial charge in [0.1, 0.15) is 0 Å². The molecule has 2 amide bonds. The van der Waals surface area contributed by atoms with E-state index in [2.05, 4.69) is 41.6 Å². The Balaban J connectivity index is 1.61. The lowest BCUT2D eigenvalue weighted by atomic mass is 10.0. The molecule has 3 rings (SSSR count). The van der Waals surface area contributed by atoms with Crippen LogP contribution in [-0.4, -0.2) is 38.0 Å². The first-order valence-corrected chi connectivity index (χ1v) is 12.8. The SMILES string of the molecule is Cc1ccc(C(=O)NCC(=O)Nc2nc(-c3cccc(C(C)C)c3)cs2)cc1S(C)(=O)=O. The summed E-state index contributed by atoms with van der Waals surface area (Å²) in [4.78, 5) is 29.2. The van der Waals surface area contributed by atoms with Crippen LogP contribution < -0.4 is 10.6 Å². The molecule has 0 saturated carbocycles. The fraction of sp³-hybridized carbons (Fsp3) is 0.261. The van der Waals surface area contributed by atoms with E-state index < -0.39 is 21.7 Å². The van der Waals surface area contributed by atoms with Crippen LogP contribution in [0.1, 0.15) is 41.3 Å². The van der Waals surface area contributed by atoms with E-state index in [-0.39, 0.29) is 17.0 Å². The van der Waals surface area contributed by atoms with Crippen molar-refractivity contribution in [1.82, 2.24) is 10.3 Å². The molecule has 0 fully saturated rings. The van der Waals surface area contributed by atoms with Crippen molar-refractivity contribution in [3.8, 4) is 11.3 Å². The monoisotopic (exact) mass is 471 g/mol. The number of rotatable bonds is 7. The minimum atomic E-state index is -3.46. The van der Waals surface area contributed by atoms with E-state index in [0.29, 0.717) is 16.6 Å². The van der Waals surface area contributed by atoms with Gasteiger partial charge in [-0.1, -0.05) is 38.1 Å². The third-order valence-electron chi connectivity index (χ3n) is 4.86. The molecule has 0 saturated heterocycles. The highest BCUT2D eigenvalue weighted by atomic mass is 32.2. The van der Waals surface area contributed by atoms with Crippen molar-refractivity contribution in [3.05, 3.63) is 64.5 Å². The fourth-order valence-corrected chi connectivity index (χ4v) is 4.82. The molecule has 0 aliphatic carbocycles. The average Bonchev–Trinajstić information content (AvgIpc) is 3.20. The predicted molar refractivity (Wildman–Crippen MR) is 127 cm³/mol. The van der Waals surface area contributed by atoms with E-state index in [4.69, 9.17) is 0 Å². The van der Waals surface area contributed by atoms with Gasteiger partial charge in [-0.05, 0) is 42.2 Å². The molecule has 32 heavy (non-hydrogen) atoms. The predicted octanol–water partition coefficient (Wildman–Crippen LogP) is 4.01. The number of benzene rings is 2. The molecule has 0 aliphatic rings. The van der Waals surface area contributed by atoms with Crippen LogP contribution in [0.3, 0.4) is 0 Å². The van der Waals surface area contributed by atoms with Crippen molar-refractivity contribution in [2.45, 2.75) is 31.6 Å². The first kappa shape index (κ1) is 23.6. The second-order valence-electron chi connectivity index (χ2n) is 7.80. The number of carbonyl (C=O) groups excluding carboxylic acids is 2. The molecule has 0 radical (unpaired) electrons. The highest BCUT2D eigenvalue weighted by Crippen LogP contribution is 2.27. The highest BCUT2D eigenvalue weighted by molar-refractivity contribution is 7.90. The molecule has 3 aromatic rings. The van der Waals surface area contributed by atoms with Crippen molar-refractivity contribution in [2.75, 3.05) is 18.1 Å². The minimum absolute atomic E-state index is 0.0893. The number of anilines is 1. The average molecular weight is 472 g/mol. The number of thiazole rings is 1. The van der Waals surface area contributed by atoms with Gasteiger partial charge in [-0.2, -0.15) is 0 Å². The molecule has 1 heterocycles. The van der Waals surface area contributed by atoms with Crippen LogP contribution in [0, 0.1) is 6.92 Å². The lowest BCUT2D eigenvalue weighted by Crippen LogP contribution is -2.32. The Kier molecular flexibility index (Phi) is 7.10.